The summed E-state index contributed by atoms with van der Waals surface area (Å²) < 4.78 is 0. The van der Waals surface area contributed by atoms with Crippen LogP contribution in [0.3, 0.4) is 0 Å². The highest BCUT2D eigenvalue weighted by Gasteiger charge is 2.30. The maximum atomic E-state index is 12.1. The first-order chi connectivity index (χ1) is 9.68. The highest BCUT2D eigenvalue weighted by Crippen LogP contribution is 2.23. The summed E-state index contributed by atoms with van der Waals surface area (Å²) in [5, 5.41) is 12.2. The lowest BCUT2D eigenvalue weighted by Gasteiger charge is -2.27. The topological polar surface area (TPSA) is 92.2 Å². The van der Waals surface area contributed by atoms with Crippen LogP contribution in [0.2, 0.25) is 0 Å². The van der Waals surface area contributed by atoms with Crippen LogP contribution >= 0.6 is 0 Å². The van der Waals surface area contributed by atoms with E-state index in [1.54, 1.807) is 0 Å². The van der Waals surface area contributed by atoms with Crippen LogP contribution in [0.5, 0.6) is 0 Å². The molecule has 108 valence electrons. The van der Waals surface area contributed by atoms with Crippen molar-refractivity contribution in [2.75, 3.05) is 0 Å². The van der Waals surface area contributed by atoms with Crippen LogP contribution < -0.4 is 5.32 Å². The number of carbonyl (C=O) groups is 2. The van der Waals surface area contributed by atoms with E-state index in [9.17, 15) is 14.7 Å². The van der Waals surface area contributed by atoms with Gasteiger partial charge in [0.1, 0.15) is 6.33 Å². The van der Waals surface area contributed by atoms with Crippen molar-refractivity contribution in [2.24, 2.45) is 5.92 Å². The van der Waals surface area contributed by atoms with Crippen LogP contribution in [0.4, 0.5) is 0 Å². The van der Waals surface area contributed by atoms with Crippen molar-refractivity contribution in [2.45, 2.75) is 44.6 Å². The molecule has 0 saturated heterocycles. The summed E-state index contributed by atoms with van der Waals surface area (Å²) in [5.41, 5.74) is 0.360. The molecule has 1 aromatic heterocycles. The largest absolute Gasteiger partial charge is 0.481 e. The zero-order valence-electron chi connectivity index (χ0n) is 11.3. The Morgan fingerprint density at radius 1 is 1.10 bits per heavy atom. The number of hydrogen-bond donors (Lipinski definition) is 2. The lowest BCUT2D eigenvalue weighted by atomic mass is 9.86. The van der Waals surface area contributed by atoms with E-state index < -0.39 is 11.9 Å². The number of nitrogens with zero attached hydrogens (tertiary/aromatic N) is 2. The first-order valence-corrected chi connectivity index (χ1v) is 6.97. The van der Waals surface area contributed by atoms with Gasteiger partial charge in [0.2, 0.25) is 0 Å². The maximum Gasteiger partial charge on any atom is 0.308 e. The molecule has 0 bridgehead atoms. The van der Waals surface area contributed by atoms with Crippen LogP contribution in [-0.2, 0) is 4.79 Å². The number of amides is 1. The SMILES string of the molecule is O=C(NC1CCCCCCC1C(=O)O)c1cncnc1. The van der Waals surface area contributed by atoms with Crippen LogP contribution in [0.25, 0.3) is 0 Å². The smallest absolute Gasteiger partial charge is 0.308 e. The number of rotatable bonds is 3. The third kappa shape index (κ3) is 3.76. The molecule has 2 N–H and O–H groups in total. The maximum absolute atomic E-state index is 12.1. The van der Waals surface area contributed by atoms with E-state index in [4.69, 9.17) is 0 Å². The van der Waals surface area contributed by atoms with E-state index in [-0.39, 0.29) is 11.9 Å². The van der Waals surface area contributed by atoms with E-state index in [1.807, 2.05) is 0 Å². The van der Waals surface area contributed by atoms with Gasteiger partial charge in [-0.1, -0.05) is 25.7 Å². The fourth-order valence-corrected chi connectivity index (χ4v) is 2.62. The van der Waals surface area contributed by atoms with Crippen molar-refractivity contribution in [1.29, 1.82) is 0 Å². The summed E-state index contributed by atoms with van der Waals surface area (Å²) in [6.07, 6.45) is 9.54. The molecule has 20 heavy (non-hydrogen) atoms. The van der Waals surface area contributed by atoms with Gasteiger partial charge in [-0.15, -0.1) is 0 Å². The Kier molecular flexibility index (Phi) is 5.03. The molecular weight excluding hydrogens is 258 g/mol. The lowest BCUT2D eigenvalue weighted by Crippen LogP contribution is -2.44. The fraction of sp³-hybridized carbons (Fsp3) is 0.571. The average molecular weight is 277 g/mol. The number of aliphatic carboxylic acids is 1. The molecule has 2 atom stereocenters. The van der Waals surface area contributed by atoms with E-state index in [2.05, 4.69) is 15.3 Å². The van der Waals surface area contributed by atoms with Crippen molar-refractivity contribution in [3.63, 3.8) is 0 Å². The molecule has 1 heterocycles. The molecule has 2 rings (SSSR count). The number of carboxylic acid groups (broad SMARTS) is 1. The first-order valence-electron chi connectivity index (χ1n) is 6.97. The molecule has 2 unspecified atom stereocenters. The molecule has 1 aromatic rings. The summed E-state index contributed by atoms with van der Waals surface area (Å²) in [6.45, 7) is 0. The predicted octanol–water partition coefficient (Wildman–Crippen LogP) is 1.63. The van der Waals surface area contributed by atoms with Crippen LogP contribution in [0.15, 0.2) is 18.7 Å². The average Bonchev–Trinajstić information content (AvgIpc) is 2.42. The molecule has 0 radical (unpaired) electrons. The highest BCUT2D eigenvalue weighted by molar-refractivity contribution is 5.94. The molecule has 1 aliphatic rings. The van der Waals surface area contributed by atoms with Crippen LogP contribution in [0.1, 0.15) is 48.9 Å². The second-order valence-electron chi connectivity index (χ2n) is 5.14. The highest BCUT2D eigenvalue weighted by atomic mass is 16.4. The molecule has 0 aliphatic heterocycles. The quantitative estimate of drug-likeness (QED) is 0.876. The predicted molar refractivity (Wildman–Crippen MR) is 72.1 cm³/mol. The van der Waals surface area contributed by atoms with Gasteiger partial charge in [-0.25, -0.2) is 9.97 Å². The van der Waals surface area contributed by atoms with Crippen molar-refractivity contribution in [1.82, 2.24) is 15.3 Å². The van der Waals surface area contributed by atoms with E-state index in [0.29, 0.717) is 18.4 Å². The van der Waals surface area contributed by atoms with E-state index in [0.717, 1.165) is 25.7 Å². The Morgan fingerprint density at radius 2 is 1.75 bits per heavy atom. The lowest BCUT2D eigenvalue weighted by molar-refractivity contribution is -0.143. The zero-order valence-corrected chi connectivity index (χ0v) is 11.3. The van der Waals surface area contributed by atoms with Crippen molar-refractivity contribution in [3.8, 4) is 0 Å². The van der Waals surface area contributed by atoms with Crippen LogP contribution in [0, 0.1) is 5.92 Å². The Bertz CT molecular complexity index is 464. The third-order valence-corrected chi connectivity index (χ3v) is 3.72. The van der Waals surface area contributed by atoms with Gasteiger partial charge in [-0.3, -0.25) is 9.59 Å². The van der Waals surface area contributed by atoms with E-state index in [1.165, 1.54) is 18.7 Å². The molecule has 6 heteroatoms. The second kappa shape index (κ2) is 6.98. The summed E-state index contributed by atoms with van der Waals surface area (Å²) in [4.78, 5) is 31.1. The fourth-order valence-electron chi connectivity index (χ4n) is 2.62. The van der Waals surface area contributed by atoms with Gasteiger partial charge in [-0.2, -0.15) is 0 Å². The van der Waals surface area contributed by atoms with Crippen molar-refractivity contribution >= 4 is 11.9 Å². The van der Waals surface area contributed by atoms with E-state index >= 15 is 0 Å². The van der Waals surface area contributed by atoms with Crippen molar-refractivity contribution in [3.05, 3.63) is 24.3 Å². The number of carboxylic acids is 1. The number of hydrogen-bond acceptors (Lipinski definition) is 4. The molecule has 0 aromatic carbocycles. The Hall–Kier alpha value is -1.98. The van der Waals surface area contributed by atoms with Gasteiger partial charge in [0.25, 0.3) is 5.91 Å². The minimum Gasteiger partial charge on any atom is -0.481 e. The number of aromatic nitrogens is 2. The Labute approximate surface area is 117 Å². The van der Waals surface area contributed by atoms with Gasteiger partial charge in [0.05, 0.1) is 11.5 Å². The van der Waals surface area contributed by atoms with Gasteiger partial charge in [0, 0.05) is 18.4 Å². The summed E-state index contributed by atoms with van der Waals surface area (Å²) in [5.74, 6) is -1.65. The first kappa shape index (κ1) is 14.4. The van der Waals surface area contributed by atoms with Gasteiger partial charge in [-0.05, 0) is 12.8 Å². The minimum atomic E-state index is -0.832. The molecule has 1 fully saturated rings. The van der Waals surface area contributed by atoms with Crippen molar-refractivity contribution < 1.29 is 14.7 Å². The molecule has 1 saturated carbocycles. The van der Waals surface area contributed by atoms with Gasteiger partial charge < -0.3 is 10.4 Å². The molecule has 6 nitrogen and oxygen atoms in total. The monoisotopic (exact) mass is 277 g/mol. The molecule has 0 spiro atoms. The molecule has 1 amide bonds. The standard InChI is InChI=1S/C14H19N3O3/c18-13(10-7-15-9-16-8-10)17-12-6-4-2-1-3-5-11(12)14(19)20/h7-9,11-12H,1-6H2,(H,17,18)(H,19,20). The number of carbonyl (C=O) groups excluding carboxylic acids is 1. The Balaban J connectivity index is 2.06. The zero-order chi connectivity index (χ0) is 14.4. The van der Waals surface area contributed by atoms with Gasteiger partial charge in [0.15, 0.2) is 0 Å². The summed E-state index contributed by atoms with van der Waals surface area (Å²) in [6, 6.07) is -0.319. The number of nitrogens with one attached hydrogen (secondary N) is 1. The molecule has 1 aliphatic carbocycles. The second-order valence-corrected chi connectivity index (χ2v) is 5.14. The normalized spacial score (nSPS) is 23.4. The summed E-state index contributed by atoms with van der Waals surface area (Å²) in [7, 11) is 0. The third-order valence-electron chi connectivity index (χ3n) is 3.72. The minimum absolute atomic E-state index is 0.303. The van der Waals surface area contributed by atoms with Crippen LogP contribution in [-0.4, -0.2) is 33.0 Å². The van der Waals surface area contributed by atoms with Gasteiger partial charge >= 0.3 is 5.97 Å². The molecular formula is C14H19N3O3. The summed E-state index contributed by atoms with van der Waals surface area (Å²) >= 11 is 0. The Morgan fingerprint density at radius 3 is 2.40 bits per heavy atom.